The Morgan fingerprint density at radius 1 is 1.10 bits per heavy atom. The molecule has 2 aromatic carbocycles. The summed E-state index contributed by atoms with van der Waals surface area (Å²) < 4.78 is 50.5. The van der Waals surface area contributed by atoms with Crippen LogP contribution >= 0.6 is 11.6 Å². The number of alkyl halides is 1. The minimum Gasteiger partial charge on any atom is -0.493 e. The monoisotopic (exact) mass is 449 g/mol. The fraction of sp³-hybridized carbons (Fsp3) is 0.333. The van der Waals surface area contributed by atoms with E-state index in [0.29, 0.717) is 33.2 Å². The van der Waals surface area contributed by atoms with Crippen LogP contribution in [0.25, 0.3) is 10.9 Å². The van der Waals surface area contributed by atoms with Gasteiger partial charge >= 0.3 is 0 Å². The largest absolute Gasteiger partial charge is 0.493 e. The van der Waals surface area contributed by atoms with Crippen molar-refractivity contribution in [3.8, 4) is 11.5 Å². The fourth-order valence-electron chi connectivity index (χ4n) is 3.82. The molecule has 10 heteroatoms. The topological polar surface area (TPSA) is 74.7 Å². The number of hydrogen-bond donors (Lipinski definition) is 1. The highest BCUT2D eigenvalue weighted by Crippen LogP contribution is 2.38. The Hall–Kier alpha value is -2.75. The molecule has 1 N–H and O–H groups in total. The van der Waals surface area contributed by atoms with Crippen molar-refractivity contribution >= 4 is 34.0 Å². The molecule has 2 aliphatic rings. The van der Waals surface area contributed by atoms with Crippen LogP contribution in [0, 0.1) is 5.82 Å². The predicted molar refractivity (Wildman–Crippen MR) is 110 cm³/mol. The number of aromatic nitrogens is 2. The average molecular weight is 450 g/mol. The summed E-state index contributed by atoms with van der Waals surface area (Å²) >= 11 is 5.98. The molecule has 0 spiro atoms. The van der Waals surface area contributed by atoms with Gasteiger partial charge in [-0.25, -0.2) is 18.7 Å². The molecular formula is C21H18ClF2N3O4. The zero-order chi connectivity index (χ0) is 21.5. The molecule has 5 rings (SSSR count). The van der Waals surface area contributed by atoms with Crippen molar-refractivity contribution < 1.29 is 27.7 Å². The van der Waals surface area contributed by atoms with Crippen LogP contribution in [0.4, 0.5) is 20.3 Å². The standard InChI is InChI=1S/C21H18ClF2N3O4/c1-28-16-5-11-14(6-17(16)31-18-8-30-19-13(24)7-29-20(18)19)25-9-26-21(11)27-15-4-10(22)2-3-12(15)23/h2-6,9,13,18-20H,7-8H2,1H3,(H,25,26,27)/t13-,18?,19+,20+/m1/s1. The van der Waals surface area contributed by atoms with E-state index in [9.17, 15) is 8.78 Å². The second-order valence-corrected chi connectivity index (χ2v) is 7.70. The summed E-state index contributed by atoms with van der Waals surface area (Å²) in [4.78, 5) is 8.51. The molecule has 7 nitrogen and oxygen atoms in total. The van der Waals surface area contributed by atoms with Gasteiger partial charge < -0.3 is 24.3 Å². The number of methoxy groups -OCH3 is 1. The molecule has 3 heterocycles. The summed E-state index contributed by atoms with van der Waals surface area (Å²) in [6.07, 6.45) is -1.39. The summed E-state index contributed by atoms with van der Waals surface area (Å²) in [6, 6.07) is 7.57. The van der Waals surface area contributed by atoms with Gasteiger partial charge in [-0.3, -0.25) is 0 Å². The molecule has 1 unspecified atom stereocenters. The lowest BCUT2D eigenvalue weighted by molar-refractivity contribution is 0.0271. The number of nitrogens with zero attached hydrogens (tertiary/aromatic N) is 2. The molecule has 2 saturated heterocycles. The third kappa shape index (κ3) is 3.73. The van der Waals surface area contributed by atoms with Gasteiger partial charge in [0.1, 0.15) is 30.2 Å². The molecule has 0 radical (unpaired) electrons. The van der Waals surface area contributed by atoms with Gasteiger partial charge in [-0.1, -0.05) is 11.6 Å². The first-order valence-electron chi connectivity index (χ1n) is 9.62. The van der Waals surface area contributed by atoms with Gasteiger partial charge in [-0.05, 0) is 24.3 Å². The SMILES string of the molecule is COc1cc2c(Nc3cc(Cl)ccc3F)ncnc2cc1OC1CO[C@H]2[C@H](F)CO[C@@H]12. The summed E-state index contributed by atoms with van der Waals surface area (Å²) in [5.41, 5.74) is 0.724. The Kier molecular flexibility index (Phi) is 5.25. The first kappa shape index (κ1) is 20.2. The predicted octanol–water partition coefficient (Wildman–Crippen LogP) is 4.06. The van der Waals surface area contributed by atoms with E-state index in [1.54, 1.807) is 12.1 Å². The van der Waals surface area contributed by atoms with Crippen molar-refractivity contribution in [3.05, 3.63) is 47.5 Å². The van der Waals surface area contributed by atoms with Crippen molar-refractivity contribution in [1.29, 1.82) is 0 Å². The minimum atomic E-state index is -1.16. The fourth-order valence-corrected chi connectivity index (χ4v) is 3.99. The zero-order valence-corrected chi connectivity index (χ0v) is 17.1. The van der Waals surface area contributed by atoms with Crippen LogP contribution < -0.4 is 14.8 Å². The van der Waals surface area contributed by atoms with E-state index in [1.807, 2.05) is 0 Å². The van der Waals surface area contributed by atoms with E-state index in [1.165, 1.54) is 31.6 Å². The maximum Gasteiger partial charge on any atom is 0.164 e. The Morgan fingerprint density at radius 3 is 2.77 bits per heavy atom. The maximum absolute atomic E-state index is 14.2. The van der Waals surface area contributed by atoms with Crippen molar-refractivity contribution in [1.82, 2.24) is 9.97 Å². The zero-order valence-electron chi connectivity index (χ0n) is 16.3. The lowest BCUT2D eigenvalue weighted by atomic mass is 10.1. The summed E-state index contributed by atoms with van der Waals surface area (Å²) in [6.45, 7) is 0.202. The first-order valence-corrected chi connectivity index (χ1v) is 10.00. The molecule has 2 aliphatic heterocycles. The molecule has 0 aliphatic carbocycles. The van der Waals surface area contributed by atoms with Crippen LogP contribution in [0.3, 0.4) is 0 Å². The molecule has 0 amide bonds. The highest BCUT2D eigenvalue weighted by atomic mass is 35.5. The van der Waals surface area contributed by atoms with E-state index >= 15 is 0 Å². The van der Waals surface area contributed by atoms with Gasteiger partial charge in [0.2, 0.25) is 0 Å². The number of rotatable bonds is 5. The quantitative estimate of drug-likeness (QED) is 0.629. The number of nitrogens with one attached hydrogen (secondary N) is 1. The van der Waals surface area contributed by atoms with E-state index < -0.39 is 30.3 Å². The average Bonchev–Trinajstić information content (AvgIpc) is 3.33. The Bertz CT molecular complexity index is 1140. The van der Waals surface area contributed by atoms with Crippen LogP contribution in [0.1, 0.15) is 0 Å². The lowest BCUT2D eigenvalue weighted by Gasteiger charge is -2.20. The highest BCUT2D eigenvalue weighted by Gasteiger charge is 2.49. The second kappa shape index (κ2) is 8.07. The molecule has 31 heavy (non-hydrogen) atoms. The van der Waals surface area contributed by atoms with Crippen LogP contribution in [0.5, 0.6) is 11.5 Å². The number of anilines is 2. The summed E-state index contributed by atoms with van der Waals surface area (Å²) in [5.74, 6) is 0.727. The van der Waals surface area contributed by atoms with Crippen molar-refractivity contribution in [2.24, 2.45) is 0 Å². The van der Waals surface area contributed by atoms with E-state index in [4.69, 9.17) is 30.5 Å². The number of fused-ring (bicyclic) bond motifs is 2. The first-order chi connectivity index (χ1) is 15.0. The molecule has 4 atom stereocenters. The third-order valence-electron chi connectivity index (χ3n) is 5.33. The van der Waals surface area contributed by atoms with Gasteiger partial charge in [0.25, 0.3) is 0 Å². The molecule has 0 bridgehead atoms. The lowest BCUT2D eigenvalue weighted by Crippen LogP contribution is -2.33. The van der Waals surface area contributed by atoms with E-state index in [0.717, 1.165) is 0 Å². The van der Waals surface area contributed by atoms with Crippen LogP contribution in [0.15, 0.2) is 36.7 Å². The smallest absolute Gasteiger partial charge is 0.164 e. The molecule has 0 saturated carbocycles. The Balaban J connectivity index is 1.47. The van der Waals surface area contributed by atoms with Crippen molar-refractivity contribution in [2.45, 2.75) is 24.5 Å². The number of ether oxygens (including phenoxy) is 4. The van der Waals surface area contributed by atoms with Crippen molar-refractivity contribution in [3.63, 3.8) is 0 Å². The summed E-state index contributed by atoms with van der Waals surface area (Å²) in [7, 11) is 1.50. The maximum atomic E-state index is 14.2. The highest BCUT2D eigenvalue weighted by molar-refractivity contribution is 6.30. The Labute approximate surface area is 181 Å². The molecule has 3 aromatic rings. The summed E-state index contributed by atoms with van der Waals surface area (Å²) in [5, 5.41) is 3.92. The number of hydrogen-bond acceptors (Lipinski definition) is 7. The van der Waals surface area contributed by atoms with Gasteiger partial charge in [-0.2, -0.15) is 0 Å². The number of benzene rings is 2. The third-order valence-corrected chi connectivity index (χ3v) is 5.56. The normalized spacial score (nSPS) is 24.9. The van der Waals surface area contributed by atoms with Gasteiger partial charge in [-0.15, -0.1) is 0 Å². The van der Waals surface area contributed by atoms with Gasteiger partial charge in [0.05, 0.1) is 31.5 Å². The van der Waals surface area contributed by atoms with Gasteiger partial charge in [0.15, 0.2) is 23.8 Å². The molecular weight excluding hydrogens is 432 g/mol. The molecule has 2 fully saturated rings. The molecule has 162 valence electrons. The van der Waals surface area contributed by atoms with E-state index in [2.05, 4.69) is 15.3 Å². The van der Waals surface area contributed by atoms with E-state index in [-0.39, 0.29) is 18.9 Å². The van der Waals surface area contributed by atoms with Crippen molar-refractivity contribution in [2.75, 3.05) is 25.6 Å². The molecule has 1 aromatic heterocycles. The van der Waals surface area contributed by atoms with Crippen LogP contribution in [0.2, 0.25) is 5.02 Å². The Morgan fingerprint density at radius 2 is 1.94 bits per heavy atom. The number of halogens is 3. The van der Waals surface area contributed by atoms with Crippen LogP contribution in [-0.4, -0.2) is 54.8 Å². The van der Waals surface area contributed by atoms with Crippen LogP contribution in [-0.2, 0) is 9.47 Å². The van der Waals surface area contributed by atoms with Gasteiger partial charge in [0, 0.05) is 16.5 Å². The minimum absolute atomic E-state index is 0.00757. The second-order valence-electron chi connectivity index (χ2n) is 7.26.